The first-order valence-corrected chi connectivity index (χ1v) is 5.77. The normalized spacial score (nSPS) is 18.4. The molecular weight excluding hydrogens is 261 g/mol. The first kappa shape index (κ1) is 13.6. The highest BCUT2D eigenvalue weighted by atomic mass is 19.2. The fourth-order valence-corrected chi connectivity index (χ4v) is 2.44. The summed E-state index contributed by atoms with van der Waals surface area (Å²) in [5.74, 6) is -5.21. The van der Waals surface area contributed by atoms with Gasteiger partial charge in [0.05, 0.1) is 5.41 Å². The molecule has 0 radical (unpaired) electrons. The molecule has 1 saturated carbocycles. The minimum absolute atomic E-state index is 0.00919. The summed E-state index contributed by atoms with van der Waals surface area (Å²) in [6.45, 7) is 0. The van der Waals surface area contributed by atoms with Crippen molar-refractivity contribution in [3.8, 4) is 0 Å². The van der Waals surface area contributed by atoms with Gasteiger partial charge in [-0.05, 0) is 18.9 Å². The Morgan fingerprint density at radius 3 is 2.11 bits per heavy atom. The van der Waals surface area contributed by atoms with E-state index in [0.717, 1.165) is 0 Å². The first-order chi connectivity index (χ1) is 8.86. The third kappa shape index (κ3) is 2.22. The van der Waals surface area contributed by atoms with Crippen LogP contribution in [0.15, 0.2) is 12.1 Å². The van der Waals surface area contributed by atoms with Gasteiger partial charge in [0.15, 0.2) is 11.6 Å². The third-order valence-corrected chi connectivity index (χ3v) is 3.60. The molecule has 1 aromatic carbocycles. The van der Waals surface area contributed by atoms with E-state index in [1.807, 2.05) is 0 Å². The van der Waals surface area contributed by atoms with E-state index in [-0.39, 0.29) is 31.5 Å². The van der Waals surface area contributed by atoms with E-state index in [9.17, 15) is 27.9 Å². The number of rotatable bonds is 2. The number of ketones is 1. The Balaban J connectivity index is 2.54. The van der Waals surface area contributed by atoms with E-state index in [0.29, 0.717) is 12.1 Å². The second kappa shape index (κ2) is 4.68. The van der Waals surface area contributed by atoms with Crippen LogP contribution >= 0.6 is 0 Å². The number of hydrogen-bond donors (Lipinski definition) is 1. The Bertz CT molecular complexity index is 544. The Morgan fingerprint density at radius 2 is 1.58 bits per heavy atom. The van der Waals surface area contributed by atoms with Crippen LogP contribution in [0.5, 0.6) is 0 Å². The number of hydrogen-bond acceptors (Lipinski definition) is 2. The average molecular weight is 272 g/mol. The zero-order chi connectivity index (χ0) is 14.2. The van der Waals surface area contributed by atoms with E-state index in [4.69, 9.17) is 0 Å². The van der Waals surface area contributed by atoms with E-state index in [2.05, 4.69) is 0 Å². The lowest BCUT2D eigenvalue weighted by Gasteiger charge is -2.33. The molecule has 0 saturated heterocycles. The summed E-state index contributed by atoms with van der Waals surface area (Å²) in [7, 11) is 0. The maximum Gasteiger partial charge on any atom is 0.314 e. The largest absolute Gasteiger partial charge is 0.481 e. The molecule has 3 nitrogen and oxygen atoms in total. The predicted molar refractivity (Wildman–Crippen MR) is 59.1 cm³/mol. The van der Waals surface area contributed by atoms with Crippen molar-refractivity contribution in [2.75, 3.05) is 0 Å². The Kier molecular flexibility index (Phi) is 3.34. The van der Waals surface area contributed by atoms with Crippen LogP contribution in [0.25, 0.3) is 0 Å². The Labute approximate surface area is 107 Å². The van der Waals surface area contributed by atoms with Crippen LogP contribution in [0.2, 0.25) is 0 Å². The summed E-state index contributed by atoms with van der Waals surface area (Å²) in [4.78, 5) is 22.6. The fourth-order valence-electron chi connectivity index (χ4n) is 2.44. The lowest BCUT2D eigenvalue weighted by molar-refractivity contribution is -0.146. The lowest BCUT2D eigenvalue weighted by atomic mass is 9.69. The number of benzene rings is 1. The van der Waals surface area contributed by atoms with Gasteiger partial charge in [-0.25, -0.2) is 13.2 Å². The van der Waals surface area contributed by atoms with Gasteiger partial charge in [-0.1, -0.05) is 0 Å². The molecule has 0 spiro atoms. The van der Waals surface area contributed by atoms with Gasteiger partial charge in [-0.15, -0.1) is 0 Å². The van der Waals surface area contributed by atoms with Crippen LogP contribution in [-0.4, -0.2) is 16.9 Å². The van der Waals surface area contributed by atoms with Gasteiger partial charge < -0.3 is 5.11 Å². The van der Waals surface area contributed by atoms with Crippen molar-refractivity contribution < 1.29 is 27.9 Å². The van der Waals surface area contributed by atoms with Crippen LogP contribution in [0.1, 0.15) is 31.2 Å². The van der Waals surface area contributed by atoms with Gasteiger partial charge in [0.2, 0.25) is 0 Å². The highest BCUT2D eigenvalue weighted by Gasteiger charge is 2.45. The molecule has 2 rings (SSSR count). The van der Waals surface area contributed by atoms with Crippen molar-refractivity contribution in [2.45, 2.75) is 31.1 Å². The van der Waals surface area contributed by atoms with Gasteiger partial charge in [-0.2, -0.15) is 0 Å². The maximum absolute atomic E-state index is 13.8. The van der Waals surface area contributed by atoms with E-state index < -0.39 is 34.4 Å². The van der Waals surface area contributed by atoms with Crippen molar-refractivity contribution >= 4 is 11.8 Å². The highest BCUT2D eigenvalue weighted by Crippen LogP contribution is 2.40. The van der Waals surface area contributed by atoms with Crippen molar-refractivity contribution in [2.24, 2.45) is 0 Å². The molecule has 6 heteroatoms. The summed E-state index contributed by atoms with van der Waals surface area (Å²) in [5.41, 5.74) is -2.06. The molecule has 0 amide bonds. The van der Waals surface area contributed by atoms with E-state index in [1.54, 1.807) is 0 Å². The van der Waals surface area contributed by atoms with Crippen LogP contribution in [0.4, 0.5) is 13.2 Å². The molecule has 0 aromatic heterocycles. The van der Waals surface area contributed by atoms with Gasteiger partial charge in [-0.3, -0.25) is 9.59 Å². The van der Waals surface area contributed by atoms with Crippen molar-refractivity contribution in [3.63, 3.8) is 0 Å². The van der Waals surface area contributed by atoms with Crippen LogP contribution in [0, 0.1) is 17.5 Å². The number of aliphatic carboxylic acids is 1. The predicted octanol–water partition coefficient (Wildman–Crippen LogP) is 2.57. The topological polar surface area (TPSA) is 54.4 Å². The number of carbonyl (C=O) groups excluding carboxylic acids is 1. The standard InChI is InChI=1S/C13H11F3O3/c14-9-6-11(16)10(15)5-8(9)13(12(18)19)3-1-7(17)2-4-13/h5-6H,1-4H2,(H,18,19). The van der Waals surface area contributed by atoms with Crippen LogP contribution in [-0.2, 0) is 15.0 Å². The molecule has 102 valence electrons. The maximum atomic E-state index is 13.8. The number of halogens is 3. The summed E-state index contributed by atoms with van der Waals surface area (Å²) >= 11 is 0. The summed E-state index contributed by atoms with van der Waals surface area (Å²) in [6.07, 6.45) is -0.234. The lowest BCUT2D eigenvalue weighted by Crippen LogP contribution is -2.40. The van der Waals surface area contributed by atoms with Gasteiger partial charge in [0.1, 0.15) is 11.6 Å². The van der Waals surface area contributed by atoms with Gasteiger partial charge >= 0.3 is 5.97 Å². The van der Waals surface area contributed by atoms with Crippen molar-refractivity contribution in [1.29, 1.82) is 0 Å². The van der Waals surface area contributed by atoms with Crippen LogP contribution in [0.3, 0.4) is 0 Å². The van der Waals surface area contributed by atoms with E-state index in [1.165, 1.54) is 0 Å². The van der Waals surface area contributed by atoms with Crippen LogP contribution < -0.4 is 0 Å². The Hall–Kier alpha value is -1.85. The minimum Gasteiger partial charge on any atom is -0.481 e. The molecule has 0 heterocycles. The quantitative estimate of drug-likeness (QED) is 0.842. The van der Waals surface area contributed by atoms with Crippen molar-refractivity contribution in [1.82, 2.24) is 0 Å². The molecule has 0 atom stereocenters. The highest BCUT2D eigenvalue weighted by molar-refractivity contribution is 5.87. The molecule has 1 fully saturated rings. The first-order valence-electron chi connectivity index (χ1n) is 5.77. The summed E-state index contributed by atoms with van der Waals surface area (Å²) < 4.78 is 39.9. The number of carbonyl (C=O) groups is 2. The molecule has 0 bridgehead atoms. The van der Waals surface area contributed by atoms with Gasteiger partial charge in [0, 0.05) is 24.5 Å². The van der Waals surface area contributed by atoms with Gasteiger partial charge in [0.25, 0.3) is 0 Å². The smallest absolute Gasteiger partial charge is 0.314 e. The molecule has 0 aliphatic heterocycles. The molecular formula is C13H11F3O3. The minimum atomic E-state index is -1.66. The van der Waals surface area contributed by atoms with E-state index >= 15 is 0 Å². The molecule has 1 N–H and O–H groups in total. The molecule has 0 unspecified atom stereocenters. The zero-order valence-electron chi connectivity index (χ0n) is 9.88. The summed E-state index contributed by atoms with van der Waals surface area (Å²) in [6, 6.07) is 0.917. The fraction of sp³-hybridized carbons (Fsp3) is 0.385. The second-order valence-corrected chi connectivity index (χ2v) is 4.67. The SMILES string of the molecule is O=C1CCC(C(=O)O)(c2cc(F)c(F)cc2F)CC1. The zero-order valence-corrected chi connectivity index (χ0v) is 9.88. The average Bonchev–Trinajstić information content (AvgIpc) is 2.35. The molecule has 19 heavy (non-hydrogen) atoms. The number of carboxylic acids is 1. The summed E-state index contributed by atoms with van der Waals surface area (Å²) in [5, 5.41) is 9.32. The molecule has 1 aromatic rings. The second-order valence-electron chi connectivity index (χ2n) is 4.67. The Morgan fingerprint density at radius 1 is 1.05 bits per heavy atom. The molecule has 1 aliphatic rings. The van der Waals surface area contributed by atoms with Crippen molar-refractivity contribution in [3.05, 3.63) is 35.1 Å². The number of Topliss-reactive ketones (excluding diaryl/α,β-unsaturated/α-hetero) is 1. The monoisotopic (exact) mass is 272 g/mol. The third-order valence-electron chi connectivity index (χ3n) is 3.60. The molecule has 1 aliphatic carbocycles. The number of carboxylic acid groups (broad SMARTS) is 1.